The highest BCUT2D eigenvalue weighted by molar-refractivity contribution is 9.10. The highest BCUT2D eigenvalue weighted by Crippen LogP contribution is 2.19. The van der Waals surface area contributed by atoms with Crippen molar-refractivity contribution in [2.75, 3.05) is 0 Å². The predicted octanol–water partition coefficient (Wildman–Crippen LogP) is 4.57. The molecule has 0 atom stereocenters. The maximum atomic E-state index is 12.1. The van der Waals surface area contributed by atoms with E-state index >= 15 is 0 Å². The molecule has 2 aromatic rings. The number of aryl methyl sites for hydroxylation is 2. The average molecular weight is 303 g/mol. The van der Waals surface area contributed by atoms with Gasteiger partial charge in [0.1, 0.15) is 0 Å². The van der Waals surface area contributed by atoms with Crippen molar-refractivity contribution in [1.29, 1.82) is 0 Å². The molecular weight excluding hydrogens is 288 g/mol. The molecule has 0 aromatic heterocycles. The third kappa shape index (κ3) is 3.08. The summed E-state index contributed by atoms with van der Waals surface area (Å²) in [7, 11) is 0. The molecule has 0 radical (unpaired) electrons. The van der Waals surface area contributed by atoms with Crippen LogP contribution in [0.2, 0.25) is 0 Å². The monoisotopic (exact) mass is 302 g/mol. The van der Waals surface area contributed by atoms with Crippen LogP contribution in [-0.2, 0) is 6.42 Å². The minimum atomic E-state index is 0.212. The molecule has 18 heavy (non-hydrogen) atoms. The molecule has 2 rings (SSSR count). The van der Waals surface area contributed by atoms with E-state index in [1.54, 1.807) is 0 Å². The molecular formula is C16H15BrO. The Morgan fingerprint density at radius 2 is 1.72 bits per heavy atom. The van der Waals surface area contributed by atoms with E-state index < -0.39 is 0 Å². The lowest BCUT2D eigenvalue weighted by Crippen LogP contribution is -2.03. The summed E-state index contributed by atoms with van der Waals surface area (Å²) in [5, 5.41) is 0. The van der Waals surface area contributed by atoms with Crippen molar-refractivity contribution in [3.05, 3.63) is 69.7 Å². The van der Waals surface area contributed by atoms with Gasteiger partial charge in [-0.05, 0) is 30.5 Å². The second-order valence-electron chi connectivity index (χ2n) is 4.33. The zero-order valence-electron chi connectivity index (χ0n) is 10.3. The van der Waals surface area contributed by atoms with Crippen LogP contribution < -0.4 is 0 Å². The molecule has 0 N–H and O–H groups in total. The third-order valence-corrected chi connectivity index (χ3v) is 3.80. The van der Waals surface area contributed by atoms with Crippen molar-refractivity contribution < 1.29 is 4.79 Å². The maximum absolute atomic E-state index is 12.1. The smallest absolute Gasteiger partial charge is 0.163 e. The van der Waals surface area contributed by atoms with Gasteiger partial charge in [-0.1, -0.05) is 58.4 Å². The summed E-state index contributed by atoms with van der Waals surface area (Å²) in [5.41, 5.74) is 3.07. The minimum Gasteiger partial charge on any atom is -0.294 e. The van der Waals surface area contributed by atoms with Gasteiger partial charge in [-0.2, -0.15) is 0 Å². The summed E-state index contributed by atoms with van der Waals surface area (Å²) in [6.45, 7) is 1.98. The summed E-state index contributed by atoms with van der Waals surface area (Å²) in [4.78, 5) is 12.1. The number of rotatable bonds is 4. The first-order valence-electron chi connectivity index (χ1n) is 6.00. The number of ketones is 1. The van der Waals surface area contributed by atoms with Gasteiger partial charge < -0.3 is 0 Å². The molecule has 0 saturated carbocycles. The molecule has 0 aliphatic rings. The number of hydrogen-bond acceptors (Lipinski definition) is 1. The van der Waals surface area contributed by atoms with Crippen molar-refractivity contribution in [2.24, 2.45) is 0 Å². The standard InChI is InChI=1S/C16H15BrO/c1-12-6-2-4-8-14(12)16(18)11-10-13-7-3-5-9-15(13)17/h2-9H,10-11H2,1H3. The van der Waals surface area contributed by atoms with Gasteiger partial charge in [0.2, 0.25) is 0 Å². The second-order valence-corrected chi connectivity index (χ2v) is 5.18. The molecule has 0 spiro atoms. The summed E-state index contributed by atoms with van der Waals surface area (Å²) in [6.07, 6.45) is 1.32. The summed E-state index contributed by atoms with van der Waals surface area (Å²) in [6, 6.07) is 15.8. The Morgan fingerprint density at radius 1 is 1.06 bits per heavy atom. The van der Waals surface area contributed by atoms with E-state index in [1.807, 2.05) is 49.4 Å². The van der Waals surface area contributed by atoms with Crippen LogP contribution in [0.4, 0.5) is 0 Å². The van der Waals surface area contributed by atoms with Crippen LogP contribution in [0.3, 0.4) is 0 Å². The van der Waals surface area contributed by atoms with Gasteiger partial charge in [-0.25, -0.2) is 0 Å². The number of carbonyl (C=O) groups is 1. The predicted molar refractivity (Wildman–Crippen MR) is 78.0 cm³/mol. The number of carbonyl (C=O) groups excluding carboxylic acids is 1. The van der Waals surface area contributed by atoms with Gasteiger partial charge in [0.25, 0.3) is 0 Å². The fourth-order valence-corrected chi connectivity index (χ4v) is 2.45. The maximum Gasteiger partial charge on any atom is 0.163 e. The molecule has 0 fully saturated rings. The molecule has 0 aliphatic heterocycles. The summed E-state index contributed by atoms with van der Waals surface area (Å²) in [5.74, 6) is 0.212. The van der Waals surface area contributed by atoms with E-state index in [4.69, 9.17) is 0 Å². The van der Waals surface area contributed by atoms with Crippen molar-refractivity contribution in [3.63, 3.8) is 0 Å². The van der Waals surface area contributed by atoms with Crippen LogP contribution in [0.1, 0.15) is 27.9 Å². The zero-order valence-corrected chi connectivity index (χ0v) is 11.9. The number of halogens is 1. The first kappa shape index (κ1) is 13.0. The fraction of sp³-hybridized carbons (Fsp3) is 0.188. The van der Waals surface area contributed by atoms with Gasteiger partial charge in [0.05, 0.1) is 0 Å². The normalized spacial score (nSPS) is 10.3. The number of hydrogen-bond donors (Lipinski definition) is 0. The van der Waals surface area contributed by atoms with Crippen LogP contribution in [0, 0.1) is 6.92 Å². The van der Waals surface area contributed by atoms with Crippen LogP contribution in [0.15, 0.2) is 53.0 Å². The molecule has 0 bridgehead atoms. The molecule has 0 saturated heterocycles. The molecule has 2 aromatic carbocycles. The Labute approximate surface area is 116 Å². The fourth-order valence-electron chi connectivity index (χ4n) is 1.97. The highest BCUT2D eigenvalue weighted by atomic mass is 79.9. The van der Waals surface area contributed by atoms with E-state index in [0.29, 0.717) is 6.42 Å². The number of Topliss-reactive ketones (excluding diaryl/α,β-unsaturated/α-hetero) is 1. The Balaban J connectivity index is 2.06. The van der Waals surface area contributed by atoms with Crippen molar-refractivity contribution in [1.82, 2.24) is 0 Å². The average Bonchev–Trinajstić information content (AvgIpc) is 2.38. The summed E-state index contributed by atoms with van der Waals surface area (Å²) < 4.78 is 1.07. The number of benzene rings is 2. The van der Waals surface area contributed by atoms with Crippen LogP contribution in [0.5, 0.6) is 0 Å². The van der Waals surface area contributed by atoms with E-state index in [-0.39, 0.29) is 5.78 Å². The van der Waals surface area contributed by atoms with Gasteiger partial charge in [-0.15, -0.1) is 0 Å². The van der Waals surface area contributed by atoms with Crippen molar-refractivity contribution in [3.8, 4) is 0 Å². The lowest BCUT2D eigenvalue weighted by atomic mass is 9.99. The molecule has 0 heterocycles. The first-order valence-corrected chi connectivity index (χ1v) is 6.80. The lowest BCUT2D eigenvalue weighted by Gasteiger charge is -2.06. The molecule has 2 heteroatoms. The van der Waals surface area contributed by atoms with Gasteiger partial charge in [0.15, 0.2) is 5.78 Å². The lowest BCUT2D eigenvalue weighted by molar-refractivity contribution is 0.0982. The van der Waals surface area contributed by atoms with E-state index in [9.17, 15) is 4.79 Å². The Kier molecular flexibility index (Phi) is 4.32. The highest BCUT2D eigenvalue weighted by Gasteiger charge is 2.09. The van der Waals surface area contributed by atoms with Crippen LogP contribution >= 0.6 is 15.9 Å². The summed E-state index contributed by atoms with van der Waals surface area (Å²) >= 11 is 3.51. The molecule has 92 valence electrons. The van der Waals surface area contributed by atoms with E-state index in [2.05, 4.69) is 22.0 Å². The molecule has 1 nitrogen and oxygen atoms in total. The van der Waals surface area contributed by atoms with Gasteiger partial charge in [-0.3, -0.25) is 4.79 Å². The van der Waals surface area contributed by atoms with Crippen molar-refractivity contribution >= 4 is 21.7 Å². The Hall–Kier alpha value is -1.41. The van der Waals surface area contributed by atoms with Crippen LogP contribution in [0.25, 0.3) is 0 Å². The SMILES string of the molecule is Cc1ccccc1C(=O)CCc1ccccc1Br. The van der Waals surface area contributed by atoms with E-state index in [0.717, 1.165) is 22.0 Å². The quantitative estimate of drug-likeness (QED) is 0.756. The van der Waals surface area contributed by atoms with Crippen molar-refractivity contribution in [2.45, 2.75) is 19.8 Å². The largest absolute Gasteiger partial charge is 0.294 e. The van der Waals surface area contributed by atoms with Crippen LogP contribution in [-0.4, -0.2) is 5.78 Å². The zero-order chi connectivity index (χ0) is 13.0. The Bertz CT molecular complexity index is 561. The third-order valence-electron chi connectivity index (χ3n) is 3.02. The molecule has 0 amide bonds. The Morgan fingerprint density at radius 3 is 2.44 bits per heavy atom. The topological polar surface area (TPSA) is 17.1 Å². The van der Waals surface area contributed by atoms with Gasteiger partial charge >= 0.3 is 0 Å². The minimum absolute atomic E-state index is 0.212. The first-order chi connectivity index (χ1) is 8.68. The second kappa shape index (κ2) is 5.96. The van der Waals surface area contributed by atoms with E-state index in [1.165, 1.54) is 5.56 Å². The molecule has 0 aliphatic carbocycles. The van der Waals surface area contributed by atoms with Gasteiger partial charge in [0, 0.05) is 16.5 Å². The molecule has 0 unspecified atom stereocenters.